The molecule has 3 rings (SSSR count). The van der Waals surface area contributed by atoms with Crippen molar-refractivity contribution in [3.05, 3.63) is 60.3 Å². The highest BCUT2D eigenvalue weighted by molar-refractivity contribution is 7.80. The van der Waals surface area contributed by atoms with Gasteiger partial charge in [0.05, 0.1) is 6.42 Å². The Labute approximate surface area is 122 Å². The van der Waals surface area contributed by atoms with E-state index in [9.17, 15) is 4.79 Å². The molecule has 0 radical (unpaired) electrons. The van der Waals surface area contributed by atoms with Gasteiger partial charge in [-0.2, -0.15) is 0 Å². The molecule has 0 unspecified atom stereocenters. The third-order valence-corrected chi connectivity index (χ3v) is 3.56. The summed E-state index contributed by atoms with van der Waals surface area (Å²) in [7, 11) is 0. The maximum atomic E-state index is 11.9. The first kappa shape index (κ1) is 12.8. The van der Waals surface area contributed by atoms with Gasteiger partial charge in [-0.1, -0.05) is 36.4 Å². The first-order chi connectivity index (χ1) is 9.74. The van der Waals surface area contributed by atoms with Crippen molar-refractivity contribution in [2.45, 2.75) is 11.3 Å². The van der Waals surface area contributed by atoms with Crippen molar-refractivity contribution in [1.29, 1.82) is 0 Å². The summed E-state index contributed by atoms with van der Waals surface area (Å²) in [6.45, 7) is 0. The van der Waals surface area contributed by atoms with E-state index in [0.717, 1.165) is 21.5 Å². The van der Waals surface area contributed by atoms with Crippen LogP contribution in [0.5, 0.6) is 5.75 Å². The summed E-state index contributed by atoms with van der Waals surface area (Å²) in [5.74, 6) is 0.243. The fourth-order valence-electron chi connectivity index (χ4n) is 2.11. The summed E-state index contributed by atoms with van der Waals surface area (Å²) < 4.78 is 5.28. The van der Waals surface area contributed by atoms with Crippen LogP contribution in [0.4, 0.5) is 0 Å². The molecule has 0 spiro atoms. The Morgan fingerprint density at radius 1 is 1.05 bits per heavy atom. The van der Waals surface area contributed by atoms with E-state index in [0.29, 0.717) is 5.75 Å². The molecule has 20 heavy (non-hydrogen) atoms. The van der Waals surface area contributed by atoms with Crippen LogP contribution in [0, 0.1) is 0 Å². The molecule has 4 heteroatoms. The topological polar surface area (TPSA) is 42.1 Å². The Kier molecular flexibility index (Phi) is 3.48. The molecule has 3 nitrogen and oxygen atoms in total. The number of fused-ring (bicyclic) bond motifs is 1. The third kappa shape index (κ3) is 2.56. The van der Waals surface area contributed by atoms with Gasteiger partial charge in [0.1, 0.15) is 5.75 Å². The van der Waals surface area contributed by atoms with Gasteiger partial charge in [-0.3, -0.25) is 4.79 Å². The van der Waals surface area contributed by atoms with E-state index in [2.05, 4.69) is 17.6 Å². The van der Waals surface area contributed by atoms with Crippen LogP contribution in [0.3, 0.4) is 0 Å². The molecule has 0 aliphatic carbocycles. The molecule has 1 aromatic heterocycles. The van der Waals surface area contributed by atoms with Crippen molar-refractivity contribution in [2.75, 3.05) is 0 Å². The number of rotatable bonds is 3. The lowest BCUT2D eigenvalue weighted by molar-refractivity contribution is -0.133. The van der Waals surface area contributed by atoms with Gasteiger partial charge >= 0.3 is 5.97 Å². The minimum atomic E-state index is -0.307. The Balaban J connectivity index is 1.79. The summed E-state index contributed by atoms with van der Waals surface area (Å²) >= 11 is 4.48. The largest absolute Gasteiger partial charge is 0.426 e. The minimum absolute atomic E-state index is 0.169. The molecule has 1 N–H and O–H groups in total. The monoisotopic (exact) mass is 283 g/mol. The maximum Gasteiger partial charge on any atom is 0.317 e. The maximum absolute atomic E-state index is 11.9. The van der Waals surface area contributed by atoms with Gasteiger partial charge in [-0.05, 0) is 18.2 Å². The predicted molar refractivity (Wildman–Crippen MR) is 81.3 cm³/mol. The lowest BCUT2D eigenvalue weighted by Gasteiger charge is -2.03. The third-order valence-electron chi connectivity index (χ3n) is 3.05. The summed E-state index contributed by atoms with van der Waals surface area (Å²) in [5.41, 5.74) is 1.75. The van der Waals surface area contributed by atoms with Crippen LogP contribution >= 0.6 is 12.6 Å². The molecular formula is C16H13NO2S. The van der Waals surface area contributed by atoms with Gasteiger partial charge in [0, 0.05) is 21.5 Å². The number of ether oxygens (including phenoxy) is 1. The van der Waals surface area contributed by atoms with Crippen LogP contribution in [-0.2, 0) is 11.2 Å². The number of aromatic nitrogens is 1. The molecule has 0 atom stereocenters. The second kappa shape index (κ2) is 5.43. The van der Waals surface area contributed by atoms with E-state index in [-0.39, 0.29) is 12.4 Å². The number of H-pyrrole nitrogens is 1. The highest BCUT2D eigenvalue weighted by Crippen LogP contribution is 2.26. The van der Waals surface area contributed by atoms with E-state index in [1.54, 1.807) is 12.1 Å². The van der Waals surface area contributed by atoms with Crippen LogP contribution in [0.1, 0.15) is 5.69 Å². The summed E-state index contributed by atoms with van der Waals surface area (Å²) in [6, 6.07) is 16.9. The van der Waals surface area contributed by atoms with Crippen molar-refractivity contribution in [2.24, 2.45) is 0 Å². The zero-order valence-corrected chi connectivity index (χ0v) is 11.6. The summed E-state index contributed by atoms with van der Waals surface area (Å²) in [4.78, 5) is 15.9. The molecule has 0 bridgehead atoms. The minimum Gasteiger partial charge on any atom is -0.426 e. The predicted octanol–water partition coefficient (Wildman–Crippen LogP) is 3.60. The highest BCUT2D eigenvalue weighted by atomic mass is 32.1. The molecule has 0 saturated carbocycles. The molecule has 0 aliphatic heterocycles. The van der Waals surface area contributed by atoms with E-state index in [4.69, 9.17) is 4.74 Å². The number of aromatic amines is 1. The Bertz CT molecular complexity index is 750. The van der Waals surface area contributed by atoms with E-state index < -0.39 is 0 Å². The quantitative estimate of drug-likeness (QED) is 0.438. The van der Waals surface area contributed by atoms with Gasteiger partial charge in [0.25, 0.3) is 0 Å². The molecular weight excluding hydrogens is 270 g/mol. The first-order valence-electron chi connectivity index (χ1n) is 6.28. The van der Waals surface area contributed by atoms with Crippen molar-refractivity contribution in [1.82, 2.24) is 4.98 Å². The van der Waals surface area contributed by atoms with Crippen molar-refractivity contribution >= 4 is 29.5 Å². The lowest BCUT2D eigenvalue weighted by atomic mass is 10.2. The molecule has 0 amide bonds. The number of hydrogen-bond donors (Lipinski definition) is 2. The number of esters is 1. The fourth-order valence-corrected chi connectivity index (χ4v) is 2.44. The lowest BCUT2D eigenvalue weighted by Crippen LogP contribution is -2.11. The van der Waals surface area contributed by atoms with Gasteiger partial charge in [-0.25, -0.2) is 0 Å². The second-order valence-corrected chi connectivity index (χ2v) is 4.91. The molecule has 1 heterocycles. The first-order valence-corrected chi connectivity index (χ1v) is 6.73. The van der Waals surface area contributed by atoms with Crippen LogP contribution in [0.15, 0.2) is 59.5 Å². The number of benzene rings is 2. The van der Waals surface area contributed by atoms with Crippen LogP contribution < -0.4 is 4.74 Å². The number of thiol groups is 1. The zero-order chi connectivity index (χ0) is 13.9. The van der Waals surface area contributed by atoms with Gasteiger partial charge in [0.15, 0.2) is 0 Å². The smallest absolute Gasteiger partial charge is 0.317 e. The average Bonchev–Trinajstić information content (AvgIpc) is 2.77. The van der Waals surface area contributed by atoms with Gasteiger partial charge in [0.2, 0.25) is 0 Å². The molecule has 2 aromatic carbocycles. The molecule has 100 valence electrons. The summed E-state index contributed by atoms with van der Waals surface area (Å²) in [5, 5.41) is 1.01. The Morgan fingerprint density at radius 2 is 1.75 bits per heavy atom. The normalized spacial score (nSPS) is 10.7. The fraction of sp³-hybridized carbons (Fsp3) is 0.0625. The molecule has 0 aliphatic rings. The Hall–Kier alpha value is -2.20. The van der Waals surface area contributed by atoms with E-state index >= 15 is 0 Å². The van der Waals surface area contributed by atoms with Crippen LogP contribution in [0.25, 0.3) is 10.9 Å². The standard InChI is InChI=1S/C16H13NO2S/c18-15(19-11-6-2-1-3-7-11)10-14-16(20)12-8-4-5-9-13(12)17-14/h1-9,17,20H,10H2. The van der Waals surface area contributed by atoms with Crippen molar-refractivity contribution in [3.63, 3.8) is 0 Å². The Morgan fingerprint density at radius 3 is 2.50 bits per heavy atom. The molecule has 3 aromatic rings. The highest BCUT2D eigenvalue weighted by Gasteiger charge is 2.13. The number of carbonyl (C=O) groups excluding carboxylic acids is 1. The van der Waals surface area contributed by atoms with Crippen LogP contribution in [-0.4, -0.2) is 11.0 Å². The molecule has 0 saturated heterocycles. The zero-order valence-electron chi connectivity index (χ0n) is 10.7. The van der Waals surface area contributed by atoms with Gasteiger partial charge < -0.3 is 9.72 Å². The molecule has 0 fully saturated rings. The van der Waals surface area contributed by atoms with Crippen molar-refractivity contribution in [3.8, 4) is 5.75 Å². The number of hydrogen-bond acceptors (Lipinski definition) is 3. The van der Waals surface area contributed by atoms with Crippen LogP contribution in [0.2, 0.25) is 0 Å². The second-order valence-electron chi connectivity index (χ2n) is 4.46. The van der Waals surface area contributed by atoms with Gasteiger partial charge in [-0.15, -0.1) is 12.6 Å². The summed E-state index contributed by atoms with van der Waals surface area (Å²) in [6.07, 6.45) is 0.169. The van der Waals surface area contributed by atoms with E-state index in [1.807, 2.05) is 42.5 Å². The number of nitrogens with one attached hydrogen (secondary N) is 1. The number of carbonyl (C=O) groups is 1. The average molecular weight is 283 g/mol. The van der Waals surface area contributed by atoms with Crippen molar-refractivity contribution < 1.29 is 9.53 Å². The van der Waals surface area contributed by atoms with E-state index in [1.165, 1.54) is 0 Å². The SMILES string of the molecule is O=C(Cc1[nH]c2ccccc2c1S)Oc1ccccc1. The number of para-hydroxylation sites is 2.